The van der Waals surface area contributed by atoms with E-state index >= 15 is 0 Å². The van der Waals surface area contributed by atoms with E-state index < -0.39 is 0 Å². The van der Waals surface area contributed by atoms with Crippen molar-refractivity contribution in [2.75, 3.05) is 31.1 Å². The SMILES string of the molecule is Cc1cccc(N(Cc2cccs2)C(=O)OC2C[N+]3(CCCc4ccccc4)CCC2CC3)c1. The van der Waals surface area contributed by atoms with E-state index in [1.165, 1.54) is 44.5 Å². The van der Waals surface area contributed by atoms with Crippen LogP contribution in [-0.2, 0) is 17.7 Å². The van der Waals surface area contributed by atoms with Crippen LogP contribution in [0.2, 0.25) is 0 Å². The van der Waals surface area contributed by atoms with E-state index in [9.17, 15) is 4.79 Å². The Morgan fingerprint density at radius 1 is 1.06 bits per heavy atom. The zero-order valence-electron chi connectivity index (χ0n) is 20.1. The fourth-order valence-electron chi connectivity index (χ4n) is 5.74. The van der Waals surface area contributed by atoms with Crippen LogP contribution in [0.15, 0.2) is 72.1 Å². The van der Waals surface area contributed by atoms with Crippen molar-refractivity contribution < 1.29 is 14.0 Å². The maximum Gasteiger partial charge on any atom is 0.415 e. The number of aryl methyl sites for hydroxylation is 2. The van der Waals surface area contributed by atoms with Crippen LogP contribution >= 0.6 is 11.3 Å². The number of amides is 1. The first kappa shape index (κ1) is 23.1. The minimum Gasteiger partial charge on any atom is -0.440 e. The molecule has 0 radical (unpaired) electrons. The molecule has 0 N–H and O–H groups in total. The molecule has 1 atom stereocenters. The van der Waals surface area contributed by atoms with Crippen LogP contribution in [0.1, 0.15) is 35.3 Å². The van der Waals surface area contributed by atoms with Gasteiger partial charge >= 0.3 is 6.09 Å². The van der Waals surface area contributed by atoms with Crippen molar-refractivity contribution in [3.63, 3.8) is 0 Å². The zero-order chi connectivity index (χ0) is 23.4. The molecule has 178 valence electrons. The number of piperidine rings is 3. The highest BCUT2D eigenvalue weighted by Gasteiger charge is 2.47. The lowest BCUT2D eigenvalue weighted by Crippen LogP contribution is -2.65. The number of fused-ring (bicyclic) bond motifs is 3. The fourth-order valence-corrected chi connectivity index (χ4v) is 6.43. The first-order valence-electron chi connectivity index (χ1n) is 12.6. The van der Waals surface area contributed by atoms with Gasteiger partial charge in [0.05, 0.1) is 26.2 Å². The summed E-state index contributed by atoms with van der Waals surface area (Å²) in [7, 11) is 0. The molecular weight excluding hydrogens is 440 g/mol. The van der Waals surface area contributed by atoms with Crippen LogP contribution in [-0.4, -0.2) is 42.9 Å². The number of ether oxygens (including phenoxy) is 1. The largest absolute Gasteiger partial charge is 0.440 e. The second-order valence-electron chi connectivity index (χ2n) is 10.0. The first-order valence-corrected chi connectivity index (χ1v) is 13.4. The van der Waals surface area contributed by atoms with E-state index in [4.69, 9.17) is 4.74 Å². The molecule has 2 bridgehead atoms. The molecule has 0 spiro atoms. The molecule has 5 heteroatoms. The third-order valence-corrected chi connectivity index (χ3v) is 8.52. The summed E-state index contributed by atoms with van der Waals surface area (Å²) < 4.78 is 7.40. The van der Waals surface area contributed by atoms with E-state index in [2.05, 4.69) is 60.8 Å². The van der Waals surface area contributed by atoms with Gasteiger partial charge in [-0.3, -0.25) is 4.90 Å². The van der Waals surface area contributed by atoms with Crippen LogP contribution in [0.5, 0.6) is 0 Å². The van der Waals surface area contributed by atoms with Gasteiger partial charge in [-0.1, -0.05) is 48.5 Å². The molecule has 2 aromatic carbocycles. The summed E-state index contributed by atoms with van der Waals surface area (Å²) >= 11 is 1.68. The number of quaternary nitrogens is 1. The predicted molar refractivity (Wildman–Crippen MR) is 139 cm³/mol. The lowest BCUT2D eigenvalue weighted by molar-refractivity contribution is -0.946. The van der Waals surface area contributed by atoms with Crippen molar-refractivity contribution in [1.82, 2.24) is 0 Å². The number of hydrogen-bond donors (Lipinski definition) is 0. The molecule has 3 aliphatic heterocycles. The lowest BCUT2D eigenvalue weighted by Gasteiger charge is -2.52. The van der Waals surface area contributed by atoms with Gasteiger partial charge in [0.1, 0.15) is 6.54 Å². The summed E-state index contributed by atoms with van der Waals surface area (Å²) in [4.78, 5) is 16.5. The summed E-state index contributed by atoms with van der Waals surface area (Å²) in [5.41, 5.74) is 3.47. The van der Waals surface area contributed by atoms with Gasteiger partial charge in [-0.05, 0) is 48.1 Å². The normalized spacial score (nSPS) is 23.6. The summed E-state index contributed by atoms with van der Waals surface area (Å²) in [5, 5.41) is 2.06. The smallest absolute Gasteiger partial charge is 0.415 e. The summed E-state index contributed by atoms with van der Waals surface area (Å²) in [6.45, 7) is 7.20. The third kappa shape index (κ3) is 5.37. The Labute approximate surface area is 207 Å². The van der Waals surface area contributed by atoms with E-state index in [0.717, 1.165) is 33.6 Å². The molecule has 3 saturated heterocycles. The zero-order valence-corrected chi connectivity index (χ0v) is 20.9. The number of thiophene rings is 1. The second-order valence-corrected chi connectivity index (χ2v) is 11.1. The number of benzene rings is 2. The topological polar surface area (TPSA) is 29.5 Å². The van der Waals surface area contributed by atoms with E-state index in [1.54, 1.807) is 11.3 Å². The van der Waals surface area contributed by atoms with Crippen molar-refractivity contribution in [2.45, 2.75) is 45.3 Å². The van der Waals surface area contributed by atoms with Crippen LogP contribution in [0.4, 0.5) is 10.5 Å². The molecule has 6 rings (SSSR count). The van der Waals surface area contributed by atoms with E-state index in [0.29, 0.717) is 12.5 Å². The number of carbonyl (C=O) groups is 1. The lowest BCUT2D eigenvalue weighted by atomic mass is 9.83. The van der Waals surface area contributed by atoms with Gasteiger partial charge in [-0.25, -0.2) is 4.79 Å². The van der Waals surface area contributed by atoms with Crippen LogP contribution in [0, 0.1) is 12.8 Å². The van der Waals surface area contributed by atoms with Gasteiger partial charge in [-0.2, -0.15) is 0 Å². The molecule has 3 fully saturated rings. The fraction of sp³-hybridized carbons (Fsp3) is 0.414. The van der Waals surface area contributed by atoms with Gasteiger partial charge in [0, 0.05) is 35.7 Å². The Hall–Kier alpha value is -2.63. The molecule has 1 unspecified atom stereocenters. The highest BCUT2D eigenvalue weighted by atomic mass is 32.1. The molecule has 1 amide bonds. The summed E-state index contributed by atoms with van der Waals surface area (Å²) in [6.07, 6.45) is 4.44. The van der Waals surface area contributed by atoms with E-state index in [1.807, 2.05) is 23.1 Å². The molecule has 4 heterocycles. The number of anilines is 1. The van der Waals surface area contributed by atoms with Gasteiger partial charge in [-0.15, -0.1) is 11.3 Å². The Balaban J connectivity index is 1.26. The maximum atomic E-state index is 13.5. The predicted octanol–water partition coefficient (Wildman–Crippen LogP) is 6.44. The molecule has 34 heavy (non-hydrogen) atoms. The molecule has 0 saturated carbocycles. The quantitative estimate of drug-likeness (QED) is 0.351. The molecule has 4 nitrogen and oxygen atoms in total. The minimum absolute atomic E-state index is 0.0161. The average molecular weight is 476 g/mol. The van der Waals surface area contributed by atoms with Gasteiger partial charge < -0.3 is 9.22 Å². The molecule has 0 aliphatic carbocycles. The van der Waals surface area contributed by atoms with Crippen LogP contribution in [0.25, 0.3) is 0 Å². The summed E-state index contributed by atoms with van der Waals surface area (Å²) in [6, 6.07) is 23.1. The van der Waals surface area contributed by atoms with Crippen molar-refractivity contribution >= 4 is 23.1 Å². The minimum atomic E-state index is -0.208. The van der Waals surface area contributed by atoms with Crippen molar-refractivity contribution in [1.29, 1.82) is 0 Å². The molecule has 3 aliphatic rings. The number of nitrogens with zero attached hydrogens (tertiary/aromatic N) is 2. The molecular formula is C29H35N2O2S+. The Bertz CT molecular complexity index is 1070. The molecule has 3 aromatic rings. The average Bonchev–Trinajstić information content (AvgIpc) is 3.37. The number of rotatable bonds is 8. The standard InChI is InChI=1S/C29H35N2O2S/c1-23-8-5-12-26(20-23)30(21-27-13-7-19-34-27)29(32)33-28-22-31(17-14-25(28)15-18-31)16-6-11-24-9-3-2-4-10-24/h2-5,7-10,12-13,19-20,25,28H,6,11,14-18,21-22H2,1H3/q+1. The number of hydrogen-bond acceptors (Lipinski definition) is 3. The third-order valence-electron chi connectivity index (χ3n) is 7.66. The van der Waals surface area contributed by atoms with Gasteiger partial charge in [0.2, 0.25) is 0 Å². The van der Waals surface area contributed by atoms with Gasteiger partial charge in [0.25, 0.3) is 0 Å². The number of carbonyl (C=O) groups excluding carboxylic acids is 1. The highest BCUT2D eigenvalue weighted by molar-refractivity contribution is 7.09. The van der Waals surface area contributed by atoms with Crippen molar-refractivity contribution in [3.8, 4) is 0 Å². The van der Waals surface area contributed by atoms with Crippen molar-refractivity contribution in [3.05, 3.63) is 88.1 Å². The monoisotopic (exact) mass is 475 g/mol. The highest BCUT2D eigenvalue weighted by Crippen LogP contribution is 2.36. The summed E-state index contributed by atoms with van der Waals surface area (Å²) in [5.74, 6) is 0.499. The van der Waals surface area contributed by atoms with Crippen molar-refractivity contribution in [2.24, 2.45) is 5.92 Å². The molecule has 1 aromatic heterocycles. The Kier molecular flexibility index (Phi) is 7.02. The second kappa shape index (κ2) is 10.3. The Morgan fingerprint density at radius 3 is 2.62 bits per heavy atom. The van der Waals surface area contributed by atoms with Crippen LogP contribution in [0.3, 0.4) is 0 Å². The van der Waals surface area contributed by atoms with Crippen LogP contribution < -0.4 is 4.90 Å². The van der Waals surface area contributed by atoms with Gasteiger partial charge in [0.15, 0.2) is 6.10 Å². The Morgan fingerprint density at radius 2 is 1.88 bits per heavy atom. The maximum absolute atomic E-state index is 13.5. The first-order chi connectivity index (χ1) is 16.6. The van der Waals surface area contributed by atoms with E-state index in [-0.39, 0.29) is 12.2 Å².